The number of amides is 6. The van der Waals surface area contributed by atoms with Crippen molar-refractivity contribution in [3.8, 4) is 0 Å². The highest BCUT2D eigenvalue weighted by atomic mass is 16.2. The normalized spacial score (nSPS) is 29.2. The molecule has 278 valence electrons. The van der Waals surface area contributed by atoms with E-state index in [-0.39, 0.29) is 38.4 Å². The lowest BCUT2D eigenvalue weighted by Gasteiger charge is -2.38. The molecule has 4 aliphatic heterocycles. The second kappa shape index (κ2) is 16.3. The molecule has 0 bridgehead atoms. The van der Waals surface area contributed by atoms with Crippen LogP contribution in [0.15, 0.2) is 60.7 Å². The number of carbonyl (C=O) groups is 6. The zero-order valence-electron chi connectivity index (χ0n) is 32.2. The predicted molar refractivity (Wildman–Crippen MR) is 194 cm³/mol. The molecule has 4 heterocycles. The Morgan fingerprint density at radius 2 is 1.21 bits per heavy atom. The molecule has 0 saturated carbocycles. The smallest absolute Gasteiger partial charge is 0.246 e. The van der Waals surface area contributed by atoms with Gasteiger partial charge in [0.25, 0.3) is 0 Å². The summed E-state index contributed by atoms with van der Waals surface area (Å²) in [5.74, 6) is -3.67. The minimum absolute atomic E-state index is 0.0435. The van der Waals surface area contributed by atoms with Crippen molar-refractivity contribution in [3.05, 3.63) is 71.8 Å². The van der Waals surface area contributed by atoms with Crippen molar-refractivity contribution in [2.75, 3.05) is 26.7 Å². The average molecular weight is 715 g/mol. The van der Waals surface area contributed by atoms with E-state index in [9.17, 15) is 30.2 Å². The van der Waals surface area contributed by atoms with Crippen LogP contribution in [-0.4, -0.2) is 118 Å². The number of carbonyl (C=O) groups excluding carboxylic acids is 6. The maximum Gasteiger partial charge on any atom is 0.246 e. The Kier molecular flexibility index (Phi) is 10.8. The number of hydrogen-bond donors (Lipinski definition) is 2. The molecule has 4 aliphatic rings. The van der Waals surface area contributed by atoms with E-state index in [1.807, 2.05) is 67.6 Å². The average Bonchev–Trinajstić information content (AvgIpc) is 3.99. The van der Waals surface area contributed by atoms with Crippen LogP contribution >= 0.6 is 0 Å². The van der Waals surface area contributed by atoms with Crippen molar-refractivity contribution < 1.29 is 31.5 Å². The summed E-state index contributed by atoms with van der Waals surface area (Å²) in [5, 5.41) is 3.56. The summed E-state index contributed by atoms with van der Waals surface area (Å²) in [4.78, 5) is 92.5. The first kappa shape index (κ1) is 34.4. The largest absolute Gasteiger partial charge is 0.342 e. The van der Waals surface area contributed by atoms with Crippen molar-refractivity contribution in [1.82, 2.24) is 30.2 Å². The van der Waals surface area contributed by atoms with Gasteiger partial charge in [0, 0.05) is 40.9 Å². The Balaban J connectivity index is 1.44. The second-order valence-corrected chi connectivity index (χ2v) is 14.6. The Morgan fingerprint density at radius 1 is 0.692 bits per heavy atom. The van der Waals surface area contributed by atoms with Gasteiger partial charge in [0.2, 0.25) is 35.4 Å². The van der Waals surface area contributed by atoms with Crippen LogP contribution in [0.3, 0.4) is 0 Å². The maximum absolute atomic E-state index is 14.7. The van der Waals surface area contributed by atoms with E-state index in [2.05, 4.69) is 5.32 Å². The first-order chi connectivity index (χ1) is 26.0. The Labute approximate surface area is 309 Å². The van der Waals surface area contributed by atoms with Gasteiger partial charge in [-0.1, -0.05) is 80.9 Å². The SMILES string of the molecule is [2H]CN1C(=O)[C@@H]2CCCN2C(=O)[C@@H]2CCCN2C(=O)[C@H]([C@@H](C)CC)N([2H])C(=O)[C@@H](Cc2ccccc2)NC(=O)[C@@H]2CCCN2C(=O)[C@@H]1Cc1ccccc1. The van der Waals surface area contributed by atoms with Gasteiger partial charge in [-0.3, -0.25) is 28.8 Å². The summed E-state index contributed by atoms with van der Waals surface area (Å²) in [6.07, 6.45) is 3.20. The number of benzene rings is 2. The lowest BCUT2D eigenvalue weighted by molar-refractivity contribution is -0.153. The highest BCUT2D eigenvalue weighted by Gasteiger charge is 2.47. The summed E-state index contributed by atoms with van der Waals surface area (Å²) in [6, 6.07) is 11.9. The van der Waals surface area contributed by atoms with Crippen molar-refractivity contribution in [2.24, 2.45) is 5.92 Å². The quantitative estimate of drug-likeness (QED) is 0.471. The zero-order chi connectivity index (χ0) is 38.5. The maximum atomic E-state index is 14.7. The highest BCUT2D eigenvalue weighted by Crippen LogP contribution is 2.29. The van der Waals surface area contributed by atoms with Gasteiger partial charge < -0.3 is 30.2 Å². The molecule has 6 rings (SSSR count). The van der Waals surface area contributed by atoms with Crippen LogP contribution in [0.2, 0.25) is 1.41 Å². The van der Waals surface area contributed by atoms with Crippen LogP contribution in [0.4, 0.5) is 0 Å². The molecule has 7 atom stereocenters. The fraction of sp³-hybridized carbons (Fsp3) is 0.550. The van der Waals surface area contributed by atoms with Gasteiger partial charge in [-0.25, -0.2) is 0 Å². The zero-order valence-corrected chi connectivity index (χ0v) is 30.2. The third-order valence-electron chi connectivity index (χ3n) is 11.3. The highest BCUT2D eigenvalue weighted by molar-refractivity contribution is 5.99. The molecule has 0 spiro atoms. The standard InChI is InChI=1S/C40H52N6O6/c1-4-26(2)34-40(52)46-23-13-20-32(46)38(50)45-22-12-19-31(45)37(49)43(3)33(25-28-16-9-6-10-17-28)39(51)44-21-11-18-30(44)36(48)41-29(35(47)42-34)24-27-14-7-5-8-15-27/h5-10,14-17,26,29-34H,4,11-13,18-25H2,1-3H3,(H,41,48)(H,42,47)/t26-,29+,30-,31-,32-,33-,34-/m0/s1/i3D/hD. The molecule has 12 nitrogen and oxygen atoms in total. The molecule has 12 heteroatoms. The molecular weight excluding hydrogens is 660 g/mol. The fourth-order valence-corrected chi connectivity index (χ4v) is 8.14. The van der Waals surface area contributed by atoms with Crippen LogP contribution < -0.4 is 10.6 Å². The van der Waals surface area contributed by atoms with Crippen LogP contribution in [-0.2, 0) is 41.6 Å². The Hall–Kier alpha value is -4.74. The van der Waals surface area contributed by atoms with E-state index in [4.69, 9.17) is 1.37 Å². The number of fused-ring (bicyclic) bond motifs is 3. The summed E-state index contributed by atoms with van der Waals surface area (Å²) in [7, 11) is -0.539. The number of rotatable bonds is 6. The Morgan fingerprint density at radius 3 is 1.79 bits per heavy atom. The molecular formula is C40H52N6O6. The molecule has 2 aromatic carbocycles. The van der Waals surface area contributed by atoms with E-state index < -0.39 is 78.7 Å². The number of nitrogens with one attached hydrogen (secondary N) is 2. The lowest BCUT2D eigenvalue weighted by atomic mass is 9.96. The first-order valence-electron chi connectivity index (χ1n) is 19.9. The van der Waals surface area contributed by atoms with Crippen LogP contribution in [0.25, 0.3) is 0 Å². The minimum atomic E-state index is -1.24. The van der Waals surface area contributed by atoms with Crippen LogP contribution in [0, 0.1) is 5.92 Å². The predicted octanol–water partition coefficient (Wildman–Crippen LogP) is 2.30. The second-order valence-electron chi connectivity index (χ2n) is 14.6. The molecule has 2 N–H and O–H groups in total. The molecule has 2 aromatic rings. The third-order valence-corrected chi connectivity index (χ3v) is 11.3. The fourth-order valence-electron chi connectivity index (χ4n) is 8.14. The van der Waals surface area contributed by atoms with E-state index in [1.165, 1.54) is 19.6 Å². The van der Waals surface area contributed by atoms with Gasteiger partial charge >= 0.3 is 0 Å². The topological polar surface area (TPSA) is 139 Å². The molecule has 4 fully saturated rings. The van der Waals surface area contributed by atoms with Crippen molar-refractivity contribution >= 4 is 35.4 Å². The molecule has 0 unspecified atom stereocenters. The van der Waals surface area contributed by atoms with Crippen molar-refractivity contribution in [3.63, 3.8) is 0 Å². The van der Waals surface area contributed by atoms with Gasteiger partial charge in [-0.15, -0.1) is 0 Å². The van der Waals surface area contributed by atoms with Gasteiger partial charge in [0.05, 0.1) is 0 Å². The molecule has 4 saturated heterocycles. The first-order valence-corrected chi connectivity index (χ1v) is 18.8. The van der Waals surface area contributed by atoms with Crippen molar-refractivity contribution in [1.29, 1.82) is 0 Å². The molecule has 0 radical (unpaired) electrons. The molecule has 6 amide bonds. The van der Waals surface area contributed by atoms with E-state index in [0.717, 1.165) is 11.1 Å². The number of likely N-dealkylation sites (N-methyl/N-ethyl adjacent to an activating group) is 1. The summed E-state index contributed by atoms with van der Waals surface area (Å²) >= 11 is 0. The summed E-state index contributed by atoms with van der Waals surface area (Å²) in [6.45, 7) is 4.43. The van der Waals surface area contributed by atoms with Gasteiger partial charge in [-0.2, -0.15) is 0 Å². The van der Waals surface area contributed by atoms with Gasteiger partial charge in [-0.05, 0) is 55.6 Å². The lowest BCUT2D eigenvalue weighted by Crippen LogP contribution is -2.62. The molecule has 0 aliphatic carbocycles. The number of nitrogens with zero attached hydrogens (tertiary/aromatic N) is 4. The van der Waals surface area contributed by atoms with E-state index >= 15 is 0 Å². The van der Waals surface area contributed by atoms with Crippen LogP contribution in [0.1, 0.15) is 71.3 Å². The molecule has 52 heavy (non-hydrogen) atoms. The van der Waals surface area contributed by atoms with Crippen LogP contribution in [0.5, 0.6) is 0 Å². The van der Waals surface area contributed by atoms with Gasteiger partial charge in [0.15, 0.2) is 1.41 Å². The van der Waals surface area contributed by atoms with Gasteiger partial charge in [0.1, 0.15) is 36.3 Å². The summed E-state index contributed by atoms with van der Waals surface area (Å²) in [5.41, 5.74) is 1.50. The third kappa shape index (κ3) is 7.71. The van der Waals surface area contributed by atoms with E-state index in [1.54, 1.807) is 6.92 Å². The van der Waals surface area contributed by atoms with E-state index in [0.29, 0.717) is 50.3 Å². The summed E-state index contributed by atoms with van der Waals surface area (Å²) < 4.78 is 17.8. The van der Waals surface area contributed by atoms with Crippen molar-refractivity contribution in [2.45, 2.75) is 108 Å². The minimum Gasteiger partial charge on any atom is -0.342 e. The molecule has 0 aromatic heterocycles. The number of hydrogen-bond acceptors (Lipinski definition) is 6. The monoisotopic (exact) mass is 714 g/mol. The Bertz CT molecular complexity index is 1700.